The predicted molar refractivity (Wildman–Crippen MR) is 122 cm³/mol. The zero-order valence-corrected chi connectivity index (χ0v) is 18.2. The molecule has 1 N–H and O–H groups in total. The summed E-state index contributed by atoms with van der Waals surface area (Å²) in [7, 11) is 3.53. The van der Waals surface area contributed by atoms with Crippen LogP contribution in [0.4, 0.5) is 11.5 Å². The van der Waals surface area contributed by atoms with E-state index in [0.29, 0.717) is 11.4 Å². The van der Waals surface area contributed by atoms with Crippen molar-refractivity contribution < 1.29 is 4.79 Å². The van der Waals surface area contributed by atoms with Crippen LogP contribution < -0.4 is 10.2 Å². The minimum Gasteiger partial charge on any atom is -0.369 e. The van der Waals surface area contributed by atoms with Crippen molar-refractivity contribution in [3.05, 3.63) is 53.7 Å². The Morgan fingerprint density at radius 3 is 2.60 bits per heavy atom. The topological polar surface area (TPSA) is 51.7 Å². The highest BCUT2D eigenvalue weighted by molar-refractivity contribution is 5.98. The van der Waals surface area contributed by atoms with E-state index in [-0.39, 0.29) is 5.91 Å². The lowest BCUT2D eigenvalue weighted by Gasteiger charge is -2.37. The Labute approximate surface area is 179 Å². The summed E-state index contributed by atoms with van der Waals surface area (Å²) in [6.45, 7) is 6.28. The summed E-state index contributed by atoms with van der Waals surface area (Å²) in [6.07, 6.45) is 5.46. The number of piperazine rings is 1. The minimum atomic E-state index is -0.0202. The number of nitrogens with zero attached hydrogens (tertiary/aromatic N) is 4. The van der Waals surface area contributed by atoms with Crippen molar-refractivity contribution in [2.75, 3.05) is 63.6 Å². The number of anilines is 2. The van der Waals surface area contributed by atoms with Gasteiger partial charge in [0.15, 0.2) is 0 Å². The summed E-state index contributed by atoms with van der Waals surface area (Å²) in [4.78, 5) is 23.3. The third kappa shape index (κ3) is 4.93. The summed E-state index contributed by atoms with van der Waals surface area (Å²) in [5.74, 6) is 1.45. The zero-order chi connectivity index (χ0) is 20.9. The molecule has 2 aromatic rings. The van der Waals surface area contributed by atoms with Crippen LogP contribution in [0.25, 0.3) is 0 Å². The third-order valence-corrected chi connectivity index (χ3v) is 6.05. The number of nitrogens with one attached hydrogen (secondary N) is 1. The number of hydrogen-bond donors (Lipinski definition) is 1. The van der Waals surface area contributed by atoms with Crippen LogP contribution in [0.15, 0.2) is 42.6 Å². The summed E-state index contributed by atoms with van der Waals surface area (Å²) in [5.41, 5.74) is 3.63. The Hall–Kier alpha value is -2.60. The van der Waals surface area contributed by atoms with Crippen molar-refractivity contribution in [2.45, 2.75) is 25.2 Å². The van der Waals surface area contributed by atoms with Gasteiger partial charge in [-0.25, -0.2) is 4.98 Å². The largest absolute Gasteiger partial charge is 0.369 e. The number of hydrogen-bond acceptors (Lipinski definition) is 5. The van der Waals surface area contributed by atoms with Crippen LogP contribution >= 0.6 is 0 Å². The van der Waals surface area contributed by atoms with Crippen LogP contribution in [0.5, 0.6) is 0 Å². The first kappa shape index (κ1) is 20.7. The maximum absolute atomic E-state index is 12.3. The molecule has 2 heterocycles. The molecule has 160 valence electrons. The molecule has 30 heavy (non-hydrogen) atoms. The Kier molecular flexibility index (Phi) is 6.53. The molecule has 6 heteroatoms. The molecule has 0 spiro atoms. The van der Waals surface area contributed by atoms with Crippen molar-refractivity contribution in [1.82, 2.24) is 14.8 Å². The normalized spacial score (nSPS) is 17.1. The van der Waals surface area contributed by atoms with Gasteiger partial charge in [0.05, 0.1) is 5.56 Å². The summed E-state index contributed by atoms with van der Waals surface area (Å²) in [6, 6.07) is 12.6. The smallest absolute Gasteiger partial charge is 0.257 e. The lowest BCUT2D eigenvalue weighted by Crippen LogP contribution is -2.47. The number of carbonyl (C=O) groups is 1. The average molecular weight is 408 g/mol. The lowest BCUT2D eigenvalue weighted by atomic mass is 10.1. The molecule has 1 aliphatic heterocycles. The number of rotatable bonds is 8. The van der Waals surface area contributed by atoms with Crippen LogP contribution in [-0.4, -0.2) is 74.1 Å². The van der Waals surface area contributed by atoms with Crippen LogP contribution in [0.1, 0.15) is 41.1 Å². The summed E-state index contributed by atoms with van der Waals surface area (Å²) < 4.78 is 0. The van der Waals surface area contributed by atoms with E-state index in [1.54, 1.807) is 30.8 Å². The Balaban J connectivity index is 1.22. The number of benzene rings is 1. The fourth-order valence-electron chi connectivity index (χ4n) is 4.20. The van der Waals surface area contributed by atoms with Gasteiger partial charge in [0.2, 0.25) is 0 Å². The van der Waals surface area contributed by atoms with Crippen molar-refractivity contribution in [2.24, 2.45) is 0 Å². The maximum Gasteiger partial charge on any atom is 0.257 e. The average Bonchev–Trinajstić information content (AvgIpc) is 3.62. The highest BCUT2D eigenvalue weighted by Gasteiger charge is 2.28. The second-order valence-corrected chi connectivity index (χ2v) is 8.54. The van der Waals surface area contributed by atoms with Crippen LogP contribution in [0.2, 0.25) is 0 Å². The van der Waals surface area contributed by atoms with E-state index in [4.69, 9.17) is 0 Å². The van der Waals surface area contributed by atoms with Gasteiger partial charge in [-0.3, -0.25) is 9.69 Å². The molecule has 1 aliphatic carbocycles. The van der Waals surface area contributed by atoms with E-state index in [0.717, 1.165) is 51.6 Å². The van der Waals surface area contributed by atoms with E-state index in [9.17, 15) is 4.79 Å². The number of aromatic nitrogens is 1. The van der Waals surface area contributed by atoms with Crippen LogP contribution in [-0.2, 0) is 0 Å². The highest BCUT2D eigenvalue weighted by atomic mass is 16.2. The molecular formula is C24H33N5O. The van der Waals surface area contributed by atoms with Gasteiger partial charge in [0, 0.05) is 58.7 Å². The number of carbonyl (C=O) groups excluding carboxylic acids is 1. The molecule has 0 bridgehead atoms. The van der Waals surface area contributed by atoms with Crippen molar-refractivity contribution in [3.63, 3.8) is 0 Å². The third-order valence-electron chi connectivity index (χ3n) is 6.05. The molecule has 0 radical (unpaired) electrons. The van der Waals surface area contributed by atoms with Gasteiger partial charge in [-0.15, -0.1) is 0 Å². The van der Waals surface area contributed by atoms with E-state index >= 15 is 0 Å². The van der Waals surface area contributed by atoms with Gasteiger partial charge in [-0.05, 0) is 55.5 Å². The first-order chi connectivity index (χ1) is 14.6. The molecule has 2 fully saturated rings. The fourth-order valence-corrected chi connectivity index (χ4v) is 4.20. The molecule has 1 saturated carbocycles. The quantitative estimate of drug-likeness (QED) is 0.681. The molecule has 1 aromatic carbocycles. The first-order valence-electron chi connectivity index (χ1n) is 11.1. The van der Waals surface area contributed by atoms with Crippen molar-refractivity contribution in [1.29, 1.82) is 0 Å². The summed E-state index contributed by atoms with van der Waals surface area (Å²) >= 11 is 0. The van der Waals surface area contributed by atoms with Gasteiger partial charge in [0.25, 0.3) is 5.91 Å². The lowest BCUT2D eigenvalue weighted by molar-refractivity contribution is 0.0828. The molecular weight excluding hydrogens is 374 g/mol. The minimum absolute atomic E-state index is 0.0202. The molecule has 0 atom stereocenters. The van der Waals surface area contributed by atoms with E-state index in [2.05, 4.69) is 44.4 Å². The number of pyridine rings is 1. The van der Waals surface area contributed by atoms with E-state index in [1.165, 1.54) is 18.5 Å². The summed E-state index contributed by atoms with van der Waals surface area (Å²) in [5, 5.41) is 3.35. The highest BCUT2D eigenvalue weighted by Crippen LogP contribution is 2.44. The van der Waals surface area contributed by atoms with Crippen molar-refractivity contribution >= 4 is 17.4 Å². The molecule has 6 nitrogen and oxygen atoms in total. The fraction of sp³-hybridized carbons (Fsp3) is 0.500. The number of amides is 1. The van der Waals surface area contributed by atoms with Gasteiger partial charge in [-0.1, -0.05) is 18.2 Å². The molecule has 4 rings (SSSR count). The zero-order valence-electron chi connectivity index (χ0n) is 18.2. The molecule has 2 aliphatic rings. The maximum atomic E-state index is 12.3. The van der Waals surface area contributed by atoms with Gasteiger partial charge >= 0.3 is 0 Å². The Morgan fingerprint density at radius 1 is 1.10 bits per heavy atom. The van der Waals surface area contributed by atoms with Crippen LogP contribution in [0, 0.1) is 0 Å². The van der Waals surface area contributed by atoms with E-state index in [1.807, 2.05) is 12.1 Å². The van der Waals surface area contributed by atoms with Crippen molar-refractivity contribution in [3.8, 4) is 0 Å². The molecule has 1 saturated heterocycles. The van der Waals surface area contributed by atoms with Gasteiger partial charge < -0.3 is 15.1 Å². The van der Waals surface area contributed by atoms with Crippen LogP contribution in [0.3, 0.4) is 0 Å². The Morgan fingerprint density at radius 2 is 1.87 bits per heavy atom. The monoisotopic (exact) mass is 407 g/mol. The Bertz CT molecular complexity index is 856. The second-order valence-electron chi connectivity index (χ2n) is 8.54. The second kappa shape index (κ2) is 9.47. The van der Waals surface area contributed by atoms with Gasteiger partial charge in [-0.2, -0.15) is 0 Å². The molecule has 1 aromatic heterocycles. The first-order valence-corrected chi connectivity index (χ1v) is 11.1. The van der Waals surface area contributed by atoms with Gasteiger partial charge in [0.1, 0.15) is 5.82 Å². The number of para-hydroxylation sites is 1. The SMILES string of the molecule is CN(C)C(=O)c1cccnc1NCCCN1CCN(c2ccccc2C2CC2)CC1. The molecule has 0 unspecified atom stereocenters. The predicted octanol–water partition coefficient (Wildman–Crippen LogP) is 3.29. The molecule has 1 amide bonds. The van der Waals surface area contributed by atoms with E-state index < -0.39 is 0 Å². The standard InChI is InChI=1S/C24H33N5O/c1-27(2)24(30)21-8-5-12-25-23(21)26-13-6-14-28-15-17-29(18-16-28)22-9-4-3-7-20(22)19-10-11-19/h3-5,7-9,12,19H,6,10-11,13-18H2,1-2H3,(H,25,26).